The maximum absolute atomic E-state index is 13.6. The first kappa shape index (κ1) is 26.6. The molecule has 10 heteroatoms. The highest BCUT2D eigenvalue weighted by molar-refractivity contribution is 7.99. The number of methoxy groups -OCH3 is 4. The van der Waals surface area contributed by atoms with Gasteiger partial charge >= 0.3 is 0 Å². The second-order valence-electron chi connectivity index (χ2n) is 10.8. The Hall–Kier alpha value is -4.31. The van der Waals surface area contributed by atoms with Crippen molar-refractivity contribution >= 4 is 72.7 Å². The first-order chi connectivity index (χ1) is 20.2. The molecule has 216 valence electrons. The lowest BCUT2D eigenvalue weighted by molar-refractivity contribution is -0.115. The van der Waals surface area contributed by atoms with Gasteiger partial charge in [0.05, 0.1) is 44.4 Å². The van der Waals surface area contributed by atoms with E-state index in [2.05, 4.69) is 5.32 Å². The number of benzene rings is 4. The van der Waals surface area contributed by atoms with Gasteiger partial charge < -0.3 is 34.5 Å². The zero-order valence-corrected chi connectivity index (χ0v) is 24.9. The van der Waals surface area contributed by atoms with Crippen molar-refractivity contribution in [1.82, 2.24) is 0 Å². The molecule has 0 bridgehead atoms. The third kappa shape index (κ3) is 3.05. The number of phenols is 2. The Morgan fingerprint density at radius 1 is 0.810 bits per heavy atom. The molecule has 9 nitrogen and oxygen atoms in total. The lowest BCUT2D eigenvalue weighted by atomic mass is 9.80. The van der Waals surface area contributed by atoms with Crippen LogP contribution in [0.2, 0.25) is 0 Å². The van der Waals surface area contributed by atoms with Crippen molar-refractivity contribution in [3.63, 3.8) is 0 Å². The molecule has 3 N–H and O–H groups in total. The fourth-order valence-electron chi connectivity index (χ4n) is 7.34. The van der Waals surface area contributed by atoms with Crippen LogP contribution in [0.25, 0.3) is 43.6 Å². The molecule has 0 atom stereocenters. The third-order valence-corrected chi connectivity index (χ3v) is 9.81. The fourth-order valence-corrected chi connectivity index (χ4v) is 8.38. The number of ether oxygens (including phenoxy) is 4. The Morgan fingerprint density at radius 2 is 1.52 bits per heavy atom. The lowest BCUT2D eigenvalue weighted by Gasteiger charge is -2.29. The fraction of sp³-hybridized carbons (Fsp3) is 0.312. The molecule has 0 saturated heterocycles. The Bertz CT molecular complexity index is 2060. The van der Waals surface area contributed by atoms with Crippen LogP contribution in [0.1, 0.15) is 30.5 Å². The Labute approximate surface area is 245 Å². The van der Waals surface area contributed by atoms with E-state index in [4.69, 9.17) is 18.9 Å². The molecule has 0 spiro atoms. The van der Waals surface area contributed by atoms with Crippen LogP contribution in [0.5, 0.6) is 28.7 Å². The molecule has 0 saturated carbocycles. The molecular weight excluding hydrogens is 558 g/mol. The molecule has 2 aliphatic carbocycles. The highest BCUT2D eigenvalue weighted by Gasteiger charge is 2.39. The number of nitrogens with one attached hydrogen (secondary N) is 1. The van der Waals surface area contributed by atoms with Crippen LogP contribution >= 0.6 is 11.8 Å². The van der Waals surface area contributed by atoms with E-state index in [1.807, 2.05) is 6.92 Å². The summed E-state index contributed by atoms with van der Waals surface area (Å²) >= 11 is 1.58. The summed E-state index contributed by atoms with van der Waals surface area (Å²) in [7, 11) is 5.99. The normalized spacial score (nSPS) is 15.8. The SMILES string of the molecule is COC1=c2c3c(c(O)c(OC)c4c3c3c(c(OC)c(O)c5c6c(c(OC)c2c53)SCCN6)C(C(C)=O)=C(C)C4)CC1=O. The molecule has 3 aliphatic rings. The van der Waals surface area contributed by atoms with Gasteiger partial charge in [-0.3, -0.25) is 9.59 Å². The highest BCUT2D eigenvalue weighted by Crippen LogP contribution is 2.59. The Kier molecular flexibility index (Phi) is 5.75. The van der Waals surface area contributed by atoms with Crippen LogP contribution < -0.4 is 24.7 Å². The van der Waals surface area contributed by atoms with Gasteiger partial charge in [-0.15, -0.1) is 11.8 Å². The van der Waals surface area contributed by atoms with Crippen LogP contribution in [-0.4, -0.2) is 62.5 Å². The van der Waals surface area contributed by atoms with E-state index in [1.54, 1.807) is 18.9 Å². The van der Waals surface area contributed by atoms with Crippen LogP contribution in [-0.2, 0) is 27.2 Å². The molecule has 7 rings (SSSR count). The summed E-state index contributed by atoms with van der Waals surface area (Å²) < 4.78 is 23.7. The molecule has 0 fully saturated rings. The molecule has 0 unspecified atom stereocenters. The standard InChI is InChI=1S/C32H29NO8S/c1-11-9-14-18-17-13(26(36)28(14)38-3)10-15(35)29(39-4)22(17)23-20-19(18)21(16(11)12(2)34)30(40-5)27(37)24(20)25-32(31(23)41-6)42-8-7-33-25/h33,36-37H,7-10H2,1-6H3. The second-order valence-corrected chi connectivity index (χ2v) is 11.9. The zero-order valence-electron chi connectivity index (χ0n) is 24.1. The minimum Gasteiger partial charge on any atom is -0.504 e. The minimum absolute atomic E-state index is 0.101. The van der Waals surface area contributed by atoms with Crippen LogP contribution in [0.4, 0.5) is 5.69 Å². The van der Waals surface area contributed by atoms with Gasteiger partial charge in [-0.25, -0.2) is 0 Å². The average molecular weight is 588 g/mol. The number of hydrogen-bond acceptors (Lipinski definition) is 10. The molecule has 1 heterocycles. The van der Waals surface area contributed by atoms with Gasteiger partial charge in [0, 0.05) is 67.7 Å². The molecule has 1 aliphatic heterocycles. The van der Waals surface area contributed by atoms with E-state index < -0.39 is 0 Å². The summed E-state index contributed by atoms with van der Waals surface area (Å²) in [5.41, 5.74) is 3.38. The second kappa shape index (κ2) is 9.09. The zero-order chi connectivity index (χ0) is 29.8. The number of carbonyl (C=O) groups is 2. The summed E-state index contributed by atoms with van der Waals surface area (Å²) in [6, 6.07) is 0. The number of allylic oxidation sites excluding steroid dienone is 2. The first-order valence-electron chi connectivity index (χ1n) is 13.6. The molecule has 0 amide bonds. The average Bonchev–Trinajstić information content (AvgIpc) is 3.10. The van der Waals surface area contributed by atoms with Gasteiger partial charge in [0.25, 0.3) is 0 Å². The minimum atomic E-state index is -0.301. The van der Waals surface area contributed by atoms with Crippen molar-refractivity contribution in [2.75, 3.05) is 46.1 Å². The van der Waals surface area contributed by atoms with E-state index >= 15 is 0 Å². The van der Waals surface area contributed by atoms with Crippen molar-refractivity contribution in [3.05, 3.63) is 27.5 Å². The molecular formula is C32H29NO8S. The summed E-state index contributed by atoms with van der Waals surface area (Å²) in [5, 5.41) is 31.3. The monoisotopic (exact) mass is 587 g/mol. The van der Waals surface area contributed by atoms with Gasteiger partial charge in [-0.05, 0) is 25.7 Å². The van der Waals surface area contributed by atoms with E-state index in [0.29, 0.717) is 77.8 Å². The summed E-state index contributed by atoms with van der Waals surface area (Å²) in [4.78, 5) is 27.8. The predicted molar refractivity (Wildman–Crippen MR) is 162 cm³/mol. The number of rotatable bonds is 5. The molecule has 0 radical (unpaired) electrons. The van der Waals surface area contributed by atoms with Gasteiger partial charge in [-0.2, -0.15) is 0 Å². The first-order valence-corrected chi connectivity index (χ1v) is 14.6. The van der Waals surface area contributed by atoms with Crippen molar-refractivity contribution < 1.29 is 38.7 Å². The molecule has 0 aromatic heterocycles. The number of carbonyl (C=O) groups excluding carboxylic acids is 2. The number of Topliss-reactive ketones (excluding diaryl/α,β-unsaturated/α-hetero) is 2. The quantitative estimate of drug-likeness (QED) is 0.225. The van der Waals surface area contributed by atoms with Crippen LogP contribution in [0.15, 0.2) is 10.5 Å². The number of thioether (sulfide) groups is 1. The molecule has 4 aromatic carbocycles. The summed E-state index contributed by atoms with van der Waals surface area (Å²) in [5.74, 6) is 1.11. The van der Waals surface area contributed by atoms with Crippen LogP contribution in [0, 0.1) is 0 Å². The van der Waals surface area contributed by atoms with E-state index in [0.717, 1.165) is 16.2 Å². The van der Waals surface area contributed by atoms with Gasteiger partial charge in [0.2, 0.25) is 5.78 Å². The van der Waals surface area contributed by atoms with Gasteiger partial charge in [-0.1, -0.05) is 5.57 Å². The van der Waals surface area contributed by atoms with Crippen molar-refractivity contribution in [1.29, 1.82) is 0 Å². The number of ketones is 2. The number of anilines is 1. The molecule has 4 aromatic rings. The molecule has 42 heavy (non-hydrogen) atoms. The topological polar surface area (TPSA) is 124 Å². The van der Waals surface area contributed by atoms with Crippen molar-refractivity contribution in [2.45, 2.75) is 31.6 Å². The lowest BCUT2D eigenvalue weighted by Crippen LogP contribution is -2.26. The van der Waals surface area contributed by atoms with E-state index in [9.17, 15) is 19.8 Å². The van der Waals surface area contributed by atoms with Gasteiger partial charge in [0.1, 0.15) is 5.75 Å². The largest absolute Gasteiger partial charge is 0.504 e. The van der Waals surface area contributed by atoms with E-state index in [1.165, 1.54) is 28.3 Å². The van der Waals surface area contributed by atoms with E-state index in [-0.39, 0.29) is 53.2 Å². The number of phenolic OH excluding ortho intramolecular Hbond substituents is 2. The van der Waals surface area contributed by atoms with Crippen molar-refractivity contribution in [3.8, 4) is 28.7 Å². The van der Waals surface area contributed by atoms with Crippen LogP contribution in [0.3, 0.4) is 0 Å². The maximum atomic E-state index is 13.6. The van der Waals surface area contributed by atoms with Gasteiger partial charge in [0.15, 0.2) is 34.5 Å². The number of fused-ring (bicyclic) bond motifs is 3. The number of aromatic hydroxyl groups is 2. The smallest absolute Gasteiger partial charge is 0.202 e. The summed E-state index contributed by atoms with van der Waals surface area (Å²) in [6.45, 7) is 4.01. The predicted octanol–water partition coefficient (Wildman–Crippen LogP) is 4.62. The Morgan fingerprint density at radius 3 is 2.17 bits per heavy atom. The highest BCUT2D eigenvalue weighted by atomic mass is 32.2. The third-order valence-electron chi connectivity index (χ3n) is 8.72. The summed E-state index contributed by atoms with van der Waals surface area (Å²) in [6.07, 6.45) is 0.180. The van der Waals surface area contributed by atoms with Crippen molar-refractivity contribution in [2.24, 2.45) is 0 Å². The Balaban J connectivity index is 2.01. The number of hydrogen-bond donors (Lipinski definition) is 3. The maximum Gasteiger partial charge on any atom is 0.202 e.